The fourth-order valence-corrected chi connectivity index (χ4v) is 2.69. The van der Waals surface area contributed by atoms with Crippen LogP contribution in [0.15, 0.2) is 24.3 Å². The van der Waals surface area contributed by atoms with Crippen molar-refractivity contribution in [3.8, 4) is 0 Å². The highest BCUT2D eigenvalue weighted by atomic mass is 16.5. The molecule has 2 aliphatic rings. The van der Waals surface area contributed by atoms with Gasteiger partial charge in [0.1, 0.15) is 6.10 Å². The van der Waals surface area contributed by atoms with E-state index in [2.05, 4.69) is 27.7 Å². The number of ether oxygens (including phenoxy) is 1. The Bertz CT molecular complexity index is 449. The van der Waals surface area contributed by atoms with Gasteiger partial charge in [0, 0.05) is 44.2 Å². The fourth-order valence-electron chi connectivity index (χ4n) is 2.69. The smallest absolute Gasteiger partial charge is 0.253 e. The minimum atomic E-state index is -0.275. The van der Waals surface area contributed by atoms with E-state index in [9.17, 15) is 4.79 Å². The summed E-state index contributed by atoms with van der Waals surface area (Å²) < 4.78 is 5.38. The Labute approximate surface area is 119 Å². The van der Waals surface area contributed by atoms with Gasteiger partial charge in [0.25, 0.3) is 5.91 Å². The van der Waals surface area contributed by atoms with Crippen molar-refractivity contribution in [1.29, 1.82) is 0 Å². The van der Waals surface area contributed by atoms with Crippen LogP contribution < -0.4 is 15.5 Å². The van der Waals surface area contributed by atoms with E-state index < -0.39 is 0 Å². The number of amides is 1. The first-order valence-electron chi connectivity index (χ1n) is 7.31. The molecule has 0 aromatic heterocycles. The standard InChI is InChI=1S/C15H21N3O2/c19-15(14-2-1-11-20-14)17-12-3-5-13(6-4-12)18-9-7-16-8-10-18/h3-6,14,16H,1-2,7-11H2,(H,17,19). The summed E-state index contributed by atoms with van der Waals surface area (Å²) in [6.45, 7) is 4.80. The third kappa shape index (κ3) is 3.11. The van der Waals surface area contributed by atoms with E-state index in [1.54, 1.807) is 0 Å². The summed E-state index contributed by atoms with van der Waals surface area (Å²) in [5.74, 6) is -0.0302. The minimum Gasteiger partial charge on any atom is -0.369 e. The van der Waals surface area contributed by atoms with Gasteiger partial charge in [-0.3, -0.25) is 4.79 Å². The third-order valence-corrected chi connectivity index (χ3v) is 3.84. The van der Waals surface area contributed by atoms with E-state index in [4.69, 9.17) is 4.74 Å². The van der Waals surface area contributed by atoms with Crippen LogP contribution in [0.5, 0.6) is 0 Å². The molecule has 1 amide bonds. The van der Waals surface area contributed by atoms with Gasteiger partial charge < -0.3 is 20.3 Å². The van der Waals surface area contributed by atoms with E-state index >= 15 is 0 Å². The average Bonchev–Trinajstić information content (AvgIpc) is 3.03. The van der Waals surface area contributed by atoms with Gasteiger partial charge in [0.2, 0.25) is 0 Å². The van der Waals surface area contributed by atoms with E-state index in [-0.39, 0.29) is 12.0 Å². The van der Waals surface area contributed by atoms with E-state index in [0.29, 0.717) is 6.61 Å². The molecule has 2 saturated heterocycles. The lowest BCUT2D eigenvalue weighted by Gasteiger charge is -2.29. The average molecular weight is 275 g/mol. The van der Waals surface area contributed by atoms with Crippen LogP contribution in [0.1, 0.15) is 12.8 Å². The number of nitrogens with one attached hydrogen (secondary N) is 2. The van der Waals surface area contributed by atoms with E-state index in [1.807, 2.05) is 12.1 Å². The number of hydrogen-bond donors (Lipinski definition) is 2. The van der Waals surface area contributed by atoms with Crippen LogP contribution in [0.4, 0.5) is 11.4 Å². The van der Waals surface area contributed by atoms with Crippen molar-refractivity contribution in [1.82, 2.24) is 5.32 Å². The molecule has 2 aliphatic heterocycles. The van der Waals surface area contributed by atoms with Crippen molar-refractivity contribution >= 4 is 17.3 Å². The van der Waals surface area contributed by atoms with Gasteiger partial charge in [0.05, 0.1) is 0 Å². The quantitative estimate of drug-likeness (QED) is 0.871. The molecule has 0 aliphatic carbocycles. The van der Waals surface area contributed by atoms with Crippen molar-refractivity contribution in [3.63, 3.8) is 0 Å². The minimum absolute atomic E-state index is 0.0302. The normalized spacial score (nSPS) is 22.8. The zero-order valence-corrected chi connectivity index (χ0v) is 11.6. The van der Waals surface area contributed by atoms with Gasteiger partial charge >= 0.3 is 0 Å². The Morgan fingerprint density at radius 1 is 1.25 bits per heavy atom. The van der Waals surface area contributed by atoms with Crippen molar-refractivity contribution in [2.45, 2.75) is 18.9 Å². The number of carbonyl (C=O) groups excluding carboxylic acids is 1. The second-order valence-electron chi connectivity index (χ2n) is 5.27. The Balaban J connectivity index is 1.59. The predicted molar refractivity (Wildman–Crippen MR) is 79.1 cm³/mol. The molecule has 2 heterocycles. The van der Waals surface area contributed by atoms with Crippen LogP contribution in [-0.4, -0.2) is 44.8 Å². The summed E-state index contributed by atoms with van der Waals surface area (Å²) in [7, 11) is 0. The molecule has 5 nitrogen and oxygen atoms in total. The largest absolute Gasteiger partial charge is 0.369 e. The number of benzene rings is 1. The molecule has 3 rings (SSSR count). The topological polar surface area (TPSA) is 53.6 Å². The van der Waals surface area contributed by atoms with Crippen molar-refractivity contribution < 1.29 is 9.53 Å². The van der Waals surface area contributed by atoms with E-state index in [0.717, 1.165) is 44.7 Å². The molecule has 1 aromatic carbocycles. The molecule has 0 spiro atoms. The first-order valence-corrected chi connectivity index (χ1v) is 7.31. The molecule has 5 heteroatoms. The van der Waals surface area contributed by atoms with Crippen LogP contribution >= 0.6 is 0 Å². The highest BCUT2D eigenvalue weighted by Crippen LogP contribution is 2.20. The van der Waals surface area contributed by atoms with Crippen molar-refractivity contribution in [2.24, 2.45) is 0 Å². The molecule has 2 fully saturated rings. The summed E-state index contributed by atoms with van der Waals surface area (Å²) in [4.78, 5) is 14.3. The molecule has 1 unspecified atom stereocenters. The monoisotopic (exact) mass is 275 g/mol. The molecule has 108 valence electrons. The second-order valence-corrected chi connectivity index (χ2v) is 5.27. The molecule has 20 heavy (non-hydrogen) atoms. The number of piperazine rings is 1. The second kappa shape index (κ2) is 6.24. The lowest BCUT2D eigenvalue weighted by atomic mass is 10.2. The maximum absolute atomic E-state index is 11.9. The van der Waals surface area contributed by atoms with Crippen LogP contribution in [-0.2, 0) is 9.53 Å². The zero-order valence-electron chi connectivity index (χ0n) is 11.6. The van der Waals surface area contributed by atoms with Crippen LogP contribution in [0.25, 0.3) is 0 Å². The Morgan fingerprint density at radius 3 is 2.65 bits per heavy atom. The van der Waals surface area contributed by atoms with Crippen LogP contribution in [0.2, 0.25) is 0 Å². The highest BCUT2D eigenvalue weighted by Gasteiger charge is 2.23. The molecule has 0 radical (unpaired) electrons. The van der Waals surface area contributed by atoms with Crippen molar-refractivity contribution in [3.05, 3.63) is 24.3 Å². The van der Waals surface area contributed by atoms with Gasteiger partial charge in [-0.25, -0.2) is 0 Å². The molecular weight excluding hydrogens is 254 g/mol. The van der Waals surface area contributed by atoms with Gasteiger partial charge in [-0.15, -0.1) is 0 Å². The van der Waals surface area contributed by atoms with Crippen LogP contribution in [0.3, 0.4) is 0 Å². The van der Waals surface area contributed by atoms with Gasteiger partial charge in [-0.1, -0.05) is 0 Å². The summed E-state index contributed by atoms with van der Waals surface area (Å²) >= 11 is 0. The summed E-state index contributed by atoms with van der Waals surface area (Å²) in [6, 6.07) is 8.06. The Kier molecular flexibility index (Phi) is 4.18. The lowest BCUT2D eigenvalue weighted by Crippen LogP contribution is -2.43. The van der Waals surface area contributed by atoms with Crippen LogP contribution in [0, 0.1) is 0 Å². The maximum atomic E-state index is 11.9. The maximum Gasteiger partial charge on any atom is 0.253 e. The Morgan fingerprint density at radius 2 is 2.00 bits per heavy atom. The fraction of sp³-hybridized carbons (Fsp3) is 0.533. The molecule has 2 N–H and O–H groups in total. The molecule has 1 atom stereocenters. The lowest BCUT2D eigenvalue weighted by molar-refractivity contribution is -0.124. The SMILES string of the molecule is O=C(Nc1ccc(N2CCNCC2)cc1)C1CCCO1. The summed E-state index contributed by atoms with van der Waals surface area (Å²) in [5.41, 5.74) is 2.05. The first kappa shape index (κ1) is 13.4. The number of anilines is 2. The van der Waals surface area contributed by atoms with Gasteiger partial charge in [0.15, 0.2) is 0 Å². The Hall–Kier alpha value is -1.59. The molecular formula is C15H21N3O2. The predicted octanol–water partition coefficient (Wildman–Crippen LogP) is 1.21. The first-order chi connectivity index (χ1) is 9.83. The van der Waals surface area contributed by atoms with Gasteiger partial charge in [-0.2, -0.15) is 0 Å². The number of hydrogen-bond acceptors (Lipinski definition) is 4. The van der Waals surface area contributed by atoms with Crippen molar-refractivity contribution in [2.75, 3.05) is 43.0 Å². The molecule has 0 bridgehead atoms. The number of carbonyl (C=O) groups is 1. The number of nitrogens with zero attached hydrogens (tertiary/aromatic N) is 1. The molecule has 1 aromatic rings. The van der Waals surface area contributed by atoms with E-state index in [1.165, 1.54) is 5.69 Å². The zero-order chi connectivity index (χ0) is 13.8. The summed E-state index contributed by atoms with van der Waals surface area (Å²) in [5, 5.41) is 6.26. The highest BCUT2D eigenvalue weighted by molar-refractivity contribution is 5.94. The third-order valence-electron chi connectivity index (χ3n) is 3.84. The summed E-state index contributed by atoms with van der Waals surface area (Å²) in [6.07, 6.45) is 1.52. The number of rotatable bonds is 3. The molecule has 0 saturated carbocycles. The van der Waals surface area contributed by atoms with Gasteiger partial charge in [-0.05, 0) is 37.1 Å².